The third kappa shape index (κ3) is 1.66. The van der Waals surface area contributed by atoms with Crippen molar-refractivity contribution in [2.45, 2.75) is 20.3 Å². The Morgan fingerprint density at radius 1 is 1.21 bits per heavy atom. The van der Waals surface area contributed by atoms with E-state index < -0.39 is 0 Å². The summed E-state index contributed by atoms with van der Waals surface area (Å²) >= 11 is 0. The van der Waals surface area contributed by atoms with Crippen LogP contribution in [-0.2, 0) is 6.42 Å². The summed E-state index contributed by atoms with van der Waals surface area (Å²) in [5, 5.41) is 0. The molecular weight excluding hydrogens is 174 g/mol. The fourth-order valence-electron chi connectivity index (χ4n) is 1.32. The first-order valence-corrected chi connectivity index (χ1v) is 4.76. The van der Waals surface area contributed by atoms with Gasteiger partial charge in [0.2, 0.25) is 0 Å². The molecule has 2 rings (SSSR count). The summed E-state index contributed by atoms with van der Waals surface area (Å²) in [5.74, 6) is 1.01. The van der Waals surface area contributed by atoms with E-state index in [4.69, 9.17) is 0 Å². The van der Waals surface area contributed by atoms with Gasteiger partial charge in [-0.2, -0.15) is 0 Å². The van der Waals surface area contributed by atoms with Gasteiger partial charge < -0.3 is 4.98 Å². The van der Waals surface area contributed by atoms with Gasteiger partial charge in [-0.05, 0) is 19.1 Å². The molecule has 72 valence electrons. The third-order valence-electron chi connectivity index (χ3n) is 2.19. The summed E-state index contributed by atoms with van der Waals surface area (Å²) < 4.78 is 0. The van der Waals surface area contributed by atoms with Crippen molar-refractivity contribution < 1.29 is 0 Å². The van der Waals surface area contributed by atoms with Gasteiger partial charge in [0.15, 0.2) is 0 Å². The molecule has 2 aromatic heterocycles. The first-order chi connectivity index (χ1) is 6.79. The molecule has 0 radical (unpaired) electrons. The van der Waals surface area contributed by atoms with E-state index in [9.17, 15) is 0 Å². The number of nitrogens with zero attached hydrogens (tertiary/aromatic N) is 2. The van der Waals surface area contributed by atoms with Crippen LogP contribution in [-0.4, -0.2) is 15.0 Å². The highest BCUT2D eigenvalue weighted by atomic mass is 14.9. The van der Waals surface area contributed by atoms with Crippen LogP contribution in [0.5, 0.6) is 0 Å². The summed E-state index contributed by atoms with van der Waals surface area (Å²) in [6, 6.07) is 4.05. The quantitative estimate of drug-likeness (QED) is 0.784. The number of nitrogens with one attached hydrogen (secondary N) is 1. The molecule has 0 spiro atoms. The molecule has 0 saturated carbocycles. The molecule has 3 nitrogen and oxygen atoms in total. The third-order valence-corrected chi connectivity index (χ3v) is 2.19. The maximum Gasteiger partial charge on any atom is 0.106 e. The van der Waals surface area contributed by atoms with E-state index in [2.05, 4.69) is 27.9 Å². The van der Waals surface area contributed by atoms with Crippen LogP contribution < -0.4 is 0 Å². The Morgan fingerprint density at radius 3 is 2.64 bits per heavy atom. The van der Waals surface area contributed by atoms with Crippen LogP contribution >= 0.6 is 0 Å². The highest BCUT2D eigenvalue weighted by Crippen LogP contribution is 2.15. The summed E-state index contributed by atoms with van der Waals surface area (Å²) in [7, 11) is 0. The van der Waals surface area contributed by atoms with Crippen LogP contribution in [0.3, 0.4) is 0 Å². The lowest BCUT2D eigenvalue weighted by molar-refractivity contribution is 0.990. The number of aromatic nitrogens is 3. The van der Waals surface area contributed by atoms with Gasteiger partial charge in [-0.25, -0.2) is 4.98 Å². The highest BCUT2D eigenvalue weighted by molar-refractivity contribution is 5.57. The largest absolute Gasteiger partial charge is 0.342 e. The van der Waals surface area contributed by atoms with Crippen molar-refractivity contribution >= 4 is 0 Å². The van der Waals surface area contributed by atoms with Gasteiger partial charge in [-0.15, -0.1) is 0 Å². The fourth-order valence-corrected chi connectivity index (χ4v) is 1.32. The topological polar surface area (TPSA) is 41.6 Å². The molecular formula is C11H13N3. The fraction of sp³-hybridized carbons (Fsp3) is 0.273. The van der Waals surface area contributed by atoms with E-state index in [0.717, 1.165) is 29.2 Å². The van der Waals surface area contributed by atoms with Gasteiger partial charge in [0.1, 0.15) is 5.82 Å². The standard InChI is InChI=1S/C11H13N3/c1-3-11-13-7-10(14-11)9-5-4-8(2)12-6-9/h4-7H,3H2,1-2H3,(H,13,14). The second kappa shape index (κ2) is 3.62. The van der Waals surface area contributed by atoms with Gasteiger partial charge in [-0.3, -0.25) is 4.98 Å². The van der Waals surface area contributed by atoms with Crippen LogP contribution in [0.4, 0.5) is 0 Å². The lowest BCUT2D eigenvalue weighted by atomic mass is 10.2. The molecule has 2 aromatic rings. The second-order valence-corrected chi connectivity index (χ2v) is 3.29. The Morgan fingerprint density at radius 2 is 2.07 bits per heavy atom. The number of rotatable bonds is 2. The number of hydrogen-bond acceptors (Lipinski definition) is 2. The molecule has 0 atom stereocenters. The minimum absolute atomic E-state index is 0.930. The molecule has 3 heteroatoms. The van der Waals surface area contributed by atoms with E-state index in [-0.39, 0.29) is 0 Å². The second-order valence-electron chi connectivity index (χ2n) is 3.29. The Labute approximate surface area is 83.2 Å². The molecule has 14 heavy (non-hydrogen) atoms. The van der Waals surface area contributed by atoms with E-state index in [1.165, 1.54) is 0 Å². The summed E-state index contributed by atoms with van der Waals surface area (Å²) in [4.78, 5) is 11.7. The van der Waals surface area contributed by atoms with Crippen molar-refractivity contribution in [3.8, 4) is 11.3 Å². The van der Waals surface area contributed by atoms with Gasteiger partial charge in [-0.1, -0.05) is 6.92 Å². The Hall–Kier alpha value is -1.64. The Bertz CT molecular complexity index is 414. The first kappa shape index (κ1) is 8.94. The number of hydrogen-bond donors (Lipinski definition) is 1. The smallest absolute Gasteiger partial charge is 0.106 e. The molecule has 0 aliphatic carbocycles. The zero-order valence-corrected chi connectivity index (χ0v) is 8.41. The van der Waals surface area contributed by atoms with Crippen molar-refractivity contribution in [3.63, 3.8) is 0 Å². The molecule has 1 N–H and O–H groups in total. The van der Waals surface area contributed by atoms with Crippen LogP contribution in [0.1, 0.15) is 18.4 Å². The van der Waals surface area contributed by atoms with Crippen molar-refractivity contribution in [2.75, 3.05) is 0 Å². The van der Waals surface area contributed by atoms with Gasteiger partial charge in [0, 0.05) is 23.9 Å². The minimum Gasteiger partial charge on any atom is -0.342 e. The molecule has 0 aliphatic rings. The van der Waals surface area contributed by atoms with Gasteiger partial charge in [0.25, 0.3) is 0 Å². The SMILES string of the molecule is CCc1ncc(-c2ccc(C)nc2)[nH]1. The van der Waals surface area contributed by atoms with Gasteiger partial charge >= 0.3 is 0 Å². The maximum absolute atomic E-state index is 4.25. The molecule has 0 aromatic carbocycles. The molecule has 0 fully saturated rings. The molecule has 0 saturated heterocycles. The predicted octanol–water partition coefficient (Wildman–Crippen LogP) is 2.34. The molecule has 0 unspecified atom stereocenters. The number of H-pyrrole nitrogens is 1. The van der Waals surface area contributed by atoms with E-state index in [1.807, 2.05) is 25.4 Å². The zero-order chi connectivity index (χ0) is 9.97. The van der Waals surface area contributed by atoms with Crippen molar-refractivity contribution in [2.24, 2.45) is 0 Å². The summed E-state index contributed by atoms with van der Waals surface area (Å²) in [6.45, 7) is 4.06. The number of pyridine rings is 1. The summed E-state index contributed by atoms with van der Waals surface area (Å²) in [6.07, 6.45) is 4.65. The number of aromatic amines is 1. The average molecular weight is 187 g/mol. The minimum atomic E-state index is 0.930. The van der Waals surface area contributed by atoms with Crippen LogP contribution in [0, 0.1) is 6.92 Å². The predicted molar refractivity (Wildman–Crippen MR) is 55.9 cm³/mol. The molecule has 0 bridgehead atoms. The van der Waals surface area contributed by atoms with Crippen molar-refractivity contribution in [3.05, 3.63) is 36.0 Å². The molecule has 2 heterocycles. The first-order valence-electron chi connectivity index (χ1n) is 4.76. The Kier molecular flexibility index (Phi) is 2.31. The highest BCUT2D eigenvalue weighted by Gasteiger charge is 2.01. The monoisotopic (exact) mass is 187 g/mol. The number of aryl methyl sites for hydroxylation is 2. The normalized spacial score (nSPS) is 10.4. The van der Waals surface area contributed by atoms with Crippen LogP contribution in [0.2, 0.25) is 0 Å². The van der Waals surface area contributed by atoms with E-state index >= 15 is 0 Å². The van der Waals surface area contributed by atoms with Crippen LogP contribution in [0.25, 0.3) is 11.3 Å². The van der Waals surface area contributed by atoms with Crippen molar-refractivity contribution in [1.29, 1.82) is 0 Å². The zero-order valence-electron chi connectivity index (χ0n) is 8.41. The Balaban J connectivity index is 2.34. The number of imidazole rings is 1. The molecule has 0 aliphatic heterocycles. The average Bonchev–Trinajstić information content (AvgIpc) is 2.67. The van der Waals surface area contributed by atoms with Crippen LogP contribution in [0.15, 0.2) is 24.5 Å². The lowest BCUT2D eigenvalue weighted by Crippen LogP contribution is -1.84. The van der Waals surface area contributed by atoms with Gasteiger partial charge in [0.05, 0.1) is 11.9 Å². The van der Waals surface area contributed by atoms with E-state index in [0.29, 0.717) is 0 Å². The van der Waals surface area contributed by atoms with Crippen molar-refractivity contribution in [1.82, 2.24) is 15.0 Å². The lowest BCUT2D eigenvalue weighted by Gasteiger charge is -1.96. The summed E-state index contributed by atoms with van der Waals surface area (Å²) in [5.41, 5.74) is 3.15. The maximum atomic E-state index is 4.25. The van der Waals surface area contributed by atoms with E-state index in [1.54, 1.807) is 0 Å². The molecule has 0 amide bonds.